The van der Waals surface area contributed by atoms with E-state index in [0.29, 0.717) is 23.6 Å². The summed E-state index contributed by atoms with van der Waals surface area (Å²) in [7, 11) is 0. The number of hydrogen-bond acceptors (Lipinski definition) is 4. The molecule has 3 heterocycles. The lowest BCUT2D eigenvalue weighted by atomic mass is 10.2. The molecule has 1 aliphatic heterocycles. The molecule has 1 amide bonds. The molecule has 4 aromatic rings. The Morgan fingerprint density at radius 2 is 1.67 bits per heavy atom. The molecule has 0 radical (unpaired) electrons. The van der Waals surface area contributed by atoms with Crippen molar-refractivity contribution in [2.24, 2.45) is 0 Å². The summed E-state index contributed by atoms with van der Waals surface area (Å²) < 4.78 is 17.2. The van der Waals surface area contributed by atoms with Gasteiger partial charge in [0, 0.05) is 51.7 Å². The summed E-state index contributed by atoms with van der Waals surface area (Å²) in [6.45, 7) is 6.73. The van der Waals surface area contributed by atoms with Crippen LogP contribution in [0.2, 0.25) is 0 Å². The van der Waals surface area contributed by atoms with Gasteiger partial charge in [0.05, 0.1) is 11.9 Å². The zero-order valence-electron chi connectivity index (χ0n) is 20.3. The molecule has 0 saturated carbocycles. The molecule has 2 aromatic heterocycles. The number of hydrogen-bond donors (Lipinski definition) is 1. The van der Waals surface area contributed by atoms with Crippen LogP contribution in [0.1, 0.15) is 22.3 Å². The Labute approximate surface area is 210 Å². The first-order chi connectivity index (χ1) is 17.7. The van der Waals surface area contributed by atoms with E-state index in [9.17, 15) is 9.18 Å². The van der Waals surface area contributed by atoms with Crippen LogP contribution in [0.25, 0.3) is 11.5 Å². The van der Waals surface area contributed by atoms with E-state index >= 15 is 0 Å². The lowest BCUT2D eigenvalue weighted by Crippen LogP contribution is -2.46. The molecule has 1 aliphatic rings. The number of nitrogens with zero attached hydrogens (tertiary/aromatic N) is 5. The number of carbonyl (C=O) groups is 1. The fourth-order valence-electron chi connectivity index (χ4n) is 4.64. The van der Waals surface area contributed by atoms with Gasteiger partial charge in [-0.3, -0.25) is 9.69 Å². The summed E-state index contributed by atoms with van der Waals surface area (Å²) in [5, 5.41) is 7.44. The highest BCUT2D eigenvalue weighted by atomic mass is 19.1. The normalized spacial score (nSPS) is 14.7. The van der Waals surface area contributed by atoms with Crippen LogP contribution < -0.4 is 5.32 Å². The molecule has 0 bridgehead atoms. The first kappa shape index (κ1) is 24.0. The maximum atomic E-state index is 13.8. The summed E-state index contributed by atoms with van der Waals surface area (Å²) in [4.78, 5) is 18.0. The molecular formula is C28H31FN6O. The number of halogens is 1. The van der Waals surface area contributed by atoms with E-state index in [1.165, 1.54) is 17.7 Å². The molecule has 36 heavy (non-hydrogen) atoms. The lowest BCUT2D eigenvalue weighted by Gasteiger charge is -2.34. The Hall–Kier alpha value is -3.75. The van der Waals surface area contributed by atoms with Gasteiger partial charge in [-0.2, -0.15) is 5.10 Å². The number of amides is 1. The molecule has 7 nitrogen and oxygen atoms in total. The van der Waals surface area contributed by atoms with Gasteiger partial charge < -0.3 is 14.8 Å². The predicted molar refractivity (Wildman–Crippen MR) is 138 cm³/mol. The van der Waals surface area contributed by atoms with E-state index in [1.54, 1.807) is 23.0 Å². The van der Waals surface area contributed by atoms with E-state index in [4.69, 9.17) is 0 Å². The van der Waals surface area contributed by atoms with Gasteiger partial charge in [0.25, 0.3) is 5.91 Å². The Morgan fingerprint density at radius 3 is 2.42 bits per heavy atom. The quantitative estimate of drug-likeness (QED) is 0.366. The molecule has 8 heteroatoms. The van der Waals surface area contributed by atoms with Gasteiger partial charge in [0.15, 0.2) is 5.82 Å². The molecule has 0 aliphatic carbocycles. The Balaban J connectivity index is 1.14. The molecule has 0 unspecified atom stereocenters. The Morgan fingerprint density at radius 1 is 0.917 bits per heavy atom. The van der Waals surface area contributed by atoms with Crippen LogP contribution in [0.4, 0.5) is 4.39 Å². The zero-order chi connectivity index (χ0) is 24.7. The zero-order valence-corrected chi connectivity index (χ0v) is 20.3. The summed E-state index contributed by atoms with van der Waals surface area (Å²) >= 11 is 0. The highest BCUT2D eigenvalue weighted by Crippen LogP contribution is 2.20. The van der Waals surface area contributed by atoms with E-state index < -0.39 is 0 Å². The standard InChI is InChI=1S/C28H31FN6O/c29-24-10-6-11-25(20-24)35-28(34-14-4-5-15-34)26(21-31-35)27(36)30-12-7-13-32-16-18-33(19-17-32)22-23-8-2-1-3-9-23/h1-6,8-11,14-15,20-21H,7,12-13,16-19,22H2,(H,30,36). The van der Waals surface area contributed by atoms with Crippen LogP contribution >= 0.6 is 0 Å². The monoisotopic (exact) mass is 486 g/mol. The highest BCUT2D eigenvalue weighted by Gasteiger charge is 2.20. The van der Waals surface area contributed by atoms with Crippen molar-refractivity contribution in [2.45, 2.75) is 13.0 Å². The molecular weight excluding hydrogens is 455 g/mol. The Kier molecular flexibility index (Phi) is 7.54. The SMILES string of the molecule is O=C(NCCCN1CCN(Cc2ccccc2)CC1)c1cnn(-c2cccc(F)c2)c1-n1cccc1. The first-order valence-corrected chi connectivity index (χ1v) is 12.4. The van der Waals surface area contributed by atoms with Crippen LogP contribution in [-0.2, 0) is 6.54 Å². The maximum absolute atomic E-state index is 13.8. The van der Waals surface area contributed by atoms with E-state index in [-0.39, 0.29) is 11.7 Å². The molecule has 0 atom stereocenters. The first-order valence-electron chi connectivity index (χ1n) is 12.4. The van der Waals surface area contributed by atoms with Crippen LogP contribution in [0.5, 0.6) is 0 Å². The van der Waals surface area contributed by atoms with Crippen molar-refractivity contribution in [3.05, 3.63) is 102 Å². The van der Waals surface area contributed by atoms with Crippen molar-refractivity contribution in [3.8, 4) is 11.5 Å². The minimum Gasteiger partial charge on any atom is -0.352 e. The van der Waals surface area contributed by atoms with E-state index in [0.717, 1.165) is 45.7 Å². The van der Waals surface area contributed by atoms with E-state index in [1.807, 2.05) is 29.1 Å². The van der Waals surface area contributed by atoms with Crippen molar-refractivity contribution in [2.75, 3.05) is 39.3 Å². The van der Waals surface area contributed by atoms with Crippen molar-refractivity contribution >= 4 is 5.91 Å². The molecule has 2 aromatic carbocycles. The number of rotatable bonds is 9. The topological polar surface area (TPSA) is 58.3 Å². The number of benzene rings is 2. The van der Waals surface area contributed by atoms with Crippen LogP contribution in [0, 0.1) is 5.82 Å². The van der Waals surface area contributed by atoms with Gasteiger partial charge in [-0.05, 0) is 48.9 Å². The van der Waals surface area contributed by atoms with Gasteiger partial charge in [-0.15, -0.1) is 0 Å². The van der Waals surface area contributed by atoms with Gasteiger partial charge in [-0.25, -0.2) is 9.07 Å². The second-order valence-corrected chi connectivity index (χ2v) is 9.08. The van der Waals surface area contributed by atoms with Gasteiger partial charge in [-0.1, -0.05) is 36.4 Å². The third-order valence-corrected chi connectivity index (χ3v) is 6.54. The van der Waals surface area contributed by atoms with Gasteiger partial charge in [0.2, 0.25) is 0 Å². The second-order valence-electron chi connectivity index (χ2n) is 9.08. The second kappa shape index (κ2) is 11.3. The molecule has 0 spiro atoms. The van der Waals surface area contributed by atoms with Gasteiger partial charge in [0.1, 0.15) is 11.4 Å². The van der Waals surface area contributed by atoms with Crippen molar-refractivity contribution < 1.29 is 9.18 Å². The molecule has 1 saturated heterocycles. The van der Waals surface area contributed by atoms with Gasteiger partial charge >= 0.3 is 0 Å². The average molecular weight is 487 g/mol. The summed E-state index contributed by atoms with van der Waals surface area (Å²) in [6, 6.07) is 20.5. The van der Waals surface area contributed by atoms with Crippen LogP contribution in [0.15, 0.2) is 85.3 Å². The number of carbonyl (C=O) groups excluding carboxylic acids is 1. The molecule has 1 fully saturated rings. The highest BCUT2D eigenvalue weighted by molar-refractivity contribution is 5.97. The predicted octanol–water partition coefficient (Wildman–Crippen LogP) is 3.74. The largest absolute Gasteiger partial charge is 0.352 e. The smallest absolute Gasteiger partial charge is 0.256 e. The van der Waals surface area contributed by atoms with Crippen molar-refractivity contribution in [1.29, 1.82) is 0 Å². The molecule has 5 rings (SSSR count). The third-order valence-electron chi connectivity index (χ3n) is 6.54. The summed E-state index contributed by atoms with van der Waals surface area (Å²) in [5.74, 6) is 0.0417. The van der Waals surface area contributed by atoms with E-state index in [2.05, 4.69) is 50.5 Å². The Bertz CT molecular complexity index is 1260. The summed E-state index contributed by atoms with van der Waals surface area (Å²) in [5.41, 5.74) is 2.36. The van der Waals surface area contributed by atoms with Crippen LogP contribution in [-0.4, -0.2) is 69.3 Å². The molecule has 186 valence electrons. The number of nitrogens with one attached hydrogen (secondary N) is 1. The minimum atomic E-state index is -0.353. The van der Waals surface area contributed by atoms with Crippen LogP contribution in [0.3, 0.4) is 0 Å². The lowest BCUT2D eigenvalue weighted by molar-refractivity contribution is 0.0947. The number of piperazine rings is 1. The molecule has 1 N–H and O–H groups in total. The fourth-order valence-corrected chi connectivity index (χ4v) is 4.64. The maximum Gasteiger partial charge on any atom is 0.256 e. The summed E-state index contributed by atoms with van der Waals surface area (Å²) in [6.07, 6.45) is 6.12. The average Bonchev–Trinajstić information content (AvgIpc) is 3.58. The van der Waals surface area contributed by atoms with Crippen molar-refractivity contribution in [3.63, 3.8) is 0 Å². The number of aromatic nitrogens is 3. The fraction of sp³-hybridized carbons (Fsp3) is 0.286. The minimum absolute atomic E-state index is 0.186. The third kappa shape index (κ3) is 5.72. The van der Waals surface area contributed by atoms with Crippen molar-refractivity contribution in [1.82, 2.24) is 29.5 Å².